The number of cyclic esters (lactones) is 1. The van der Waals surface area contributed by atoms with Crippen molar-refractivity contribution in [2.75, 3.05) is 27.1 Å². The van der Waals surface area contributed by atoms with E-state index >= 15 is 0 Å². The molecule has 1 aliphatic rings. The van der Waals surface area contributed by atoms with Gasteiger partial charge in [0.1, 0.15) is 6.56 Å². The van der Waals surface area contributed by atoms with Gasteiger partial charge in [-0.25, -0.2) is 4.79 Å². The molecule has 0 unspecified atom stereocenters. The summed E-state index contributed by atoms with van der Waals surface area (Å²) < 4.78 is 142. The number of rotatable bonds is 5. The van der Waals surface area contributed by atoms with Crippen LogP contribution in [-0.4, -0.2) is 49.1 Å². The zero-order valence-electron chi connectivity index (χ0n) is 27.7. The maximum absolute atomic E-state index is 11.8. The highest BCUT2D eigenvalue weighted by atomic mass is 16.6. The Kier molecular flexibility index (Phi) is 1.17. The van der Waals surface area contributed by atoms with E-state index < -0.39 is 91.2 Å². The van der Waals surface area contributed by atoms with Crippen LogP contribution in [0.3, 0.4) is 0 Å². The van der Waals surface area contributed by atoms with Crippen molar-refractivity contribution in [3.05, 3.63) is 35.4 Å². The predicted molar refractivity (Wildman–Crippen MR) is 82.5 cm³/mol. The van der Waals surface area contributed by atoms with E-state index in [2.05, 4.69) is 4.74 Å². The van der Waals surface area contributed by atoms with Crippen molar-refractivity contribution in [3.8, 4) is 0 Å². The number of nitrogens with one attached hydrogen (secondary N) is 2. The Morgan fingerprint density at radius 2 is 2.62 bits per heavy atom. The topological polar surface area (TPSA) is 57.4 Å². The van der Waals surface area contributed by atoms with E-state index in [1.54, 1.807) is 0 Å². The average molecular weight is 304 g/mol. The summed E-state index contributed by atoms with van der Waals surface area (Å²) >= 11 is 0. The molecule has 3 rings (SSSR count). The van der Waals surface area contributed by atoms with Crippen LogP contribution in [-0.2, 0) is 17.5 Å². The third-order valence-corrected chi connectivity index (χ3v) is 2.44. The molecule has 1 amide bonds. The lowest BCUT2D eigenvalue weighted by Gasteiger charge is -2.09. The number of aromatic amines is 1. The molecule has 1 atom stereocenters. The quantitative estimate of drug-likeness (QED) is 0.887. The number of carbonyl (C=O) groups is 1. The van der Waals surface area contributed by atoms with Gasteiger partial charge in [0.05, 0.1) is 14.3 Å². The lowest BCUT2D eigenvalue weighted by molar-refractivity contribution is 0.177. The van der Waals surface area contributed by atoms with Crippen LogP contribution in [0.2, 0.25) is 2.82 Å². The first-order valence-corrected chi connectivity index (χ1v) is 5.76. The van der Waals surface area contributed by atoms with E-state index in [0.29, 0.717) is 0 Å². The van der Waals surface area contributed by atoms with Crippen LogP contribution in [0.15, 0.2) is 24.3 Å². The van der Waals surface area contributed by atoms with Gasteiger partial charge in [-0.3, -0.25) is 0 Å². The van der Waals surface area contributed by atoms with Gasteiger partial charge in [0.2, 0.25) is 0 Å². The van der Waals surface area contributed by atoms with Crippen LogP contribution in [0.5, 0.6) is 0 Å². The summed E-state index contributed by atoms with van der Waals surface area (Å²) in [5.41, 5.74) is -2.98. The SMILES string of the molecule is [2H]c1c(C([2H])([2H])[C@@H]2N([2H])C(=O)OC2([2H])[2H])c([2H])c2c(C([2H])([2H])C([2H])([2H])N(C)C([2H])([2H])[2H])c([2H])n([2H])c2c1[2H]. The first-order chi connectivity index (χ1) is 16.9. The molecule has 1 aliphatic heterocycles. The van der Waals surface area contributed by atoms with E-state index in [-0.39, 0.29) is 15.2 Å². The summed E-state index contributed by atoms with van der Waals surface area (Å²) in [5, 5.41) is -1.07. The normalized spacial score (nSPS) is 35.5. The second-order valence-electron chi connectivity index (χ2n) is 4.03. The molecule has 5 heteroatoms. The molecular weight excluding hydrogens is 266 g/mol. The predicted octanol–water partition coefficient (Wildman–Crippen LogP) is 1.92. The molecule has 0 radical (unpaired) electrons. The Morgan fingerprint density at radius 3 is 3.38 bits per heavy atom. The molecule has 0 bridgehead atoms. The number of fused-ring (bicyclic) bond motifs is 1. The molecule has 1 saturated heterocycles. The number of amides is 1. The molecule has 2 heterocycles. The fraction of sp³-hybridized carbons (Fsp3) is 0.438. The Balaban J connectivity index is 2.46. The van der Waals surface area contributed by atoms with Gasteiger partial charge in [0.15, 0.2) is 2.82 Å². The average Bonchev–Trinajstić information content (AvgIpc) is 3.13. The molecular formula is C16H21N3O2. The van der Waals surface area contributed by atoms with Crippen molar-refractivity contribution in [1.29, 1.82) is 0 Å². The molecule has 112 valence electrons. The lowest BCUT2D eigenvalue weighted by Crippen LogP contribution is -2.28. The molecule has 0 saturated carbocycles. The Hall–Kier alpha value is -2.01. The van der Waals surface area contributed by atoms with Crippen LogP contribution in [0.4, 0.5) is 4.79 Å². The third kappa shape index (κ3) is 3.19. The monoisotopic (exact) mass is 304 g/mol. The Morgan fingerprint density at radius 1 is 1.71 bits per heavy atom. The van der Waals surface area contributed by atoms with Gasteiger partial charge < -0.3 is 19.9 Å². The third-order valence-electron chi connectivity index (χ3n) is 2.44. The molecule has 0 spiro atoms. The number of carbonyl (C=O) groups excluding carboxylic acids is 1. The summed E-state index contributed by atoms with van der Waals surface area (Å²) in [6.07, 6.45) is -9.52. The molecule has 1 aromatic heterocycles. The minimum atomic E-state index is -3.49. The highest BCUT2D eigenvalue weighted by molar-refractivity contribution is 5.84. The van der Waals surface area contributed by atoms with Crippen molar-refractivity contribution in [2.24, 2.45) is 0 Å². The van der Waals surface area contributed by atoms with Gasteiger partial charge >= 0.3 is 6.09 Å². The number of aryl methyl sites for hydroxylation is 1. The maximum Gasteiger partial charge on any atom is 0.407 e. The first-order valence-electron chi connectivity index (χ1n) is 14.2. The molecule has 0 aliphatic carbocycles. The minimum Gasteiger partial charge on any atom is -0.447 e. The molecule has 2 aromatic rings. The van der Waals surface area contributed by atoms with Crippen LogP contribution in [0, 0.1) is 0 Å². The van der Waals surface area contributed by atoms with E-state index in [0.717, 1.165) is 7.05 Å². The molecule has 1 fully saturated rings. The van der Waals surface area contributed by atoms with Gasteiger partial charge in [-0.2, -0.15) is 0 Å². The van der Waals surface area contributed by atoms with Crippen LogP contribution in [0.1, 0.15) is 31.7 Å². The number of ether oxygens (including phenoxy) is 1. The standard InChI is InChI=1S/C16H21N3O2/c1-19(2)6-5-12-9-17-15-4-3-11(8-14(12)15)7-13-10-21-16(20)18-13/h3-4,8-9,13,17H,5-7,10H2,1-2H3,(H,18,20)/t13-/m0/s1/i1D3,3D,4D,5D2,6D2,7D2,8D,9D,10D2/hD2. The fourth-order valence-electron chi connectivity index (χ4n) is 1.60. The number of nitrogens with zero attached hydrogens (tertiary/aromatic N) is 1. The molecule has 2 N–H and O–H groups in total. The highest BCUT2D eigenvalue weighted by Crippen LogP contribution is 2.21. The van der Waals surface area contributed by atoms with Gasteiger partial charge in [-0.15, -0.1) is 0 Å². The van der Waals surface area contributed by atoms with Gasteiger partial charge in [-0.05, 0) is 50.0 Å². The summed E-state index contributed by atoms with van der Waals surface area (Å²) in [6, 6.07) is -5.70. The first kappa shape index (κ1) is 4.26. The summed E-state index contributed by atoms with van der Waals surface area (Å²) in [7, 11) is 0.736. The lowest BCUT2D eigenvalue weighted by atomic mass is 10.0. The van der Waals surface area contributed by atoms with Crippen molar-refractivity contribution in [1.82, 2.24) is 15.2 Å². The largest absolute Gasteiger partial charge is 0.447 e. The Labute approximate surface area is 148 Å². The summed E-state index contributed by atoms with van der Waals surface area (Å²) in [4.78, 5) is 12.0. The number of likely N-dealkylation sites (N-methyl/N-ethyl adjacent to an activating group) is 1. The van der Waals surface area contributed by atoms with Crippen LogP contribution in [0.25, 0.3) is 10.9 Å². The summed E-state index contributed by atoms with van der Waals surface area (Å²) in [6.45, 7) is -9.77. The van der Waals surface area contributed by atoms with E-state index in [4.69, 9.17) is 23.4 Å². The van der Waals surface area contributed by atoms with E-state index in [1.807, 2.05) is 0 Å². The van der Waals surface area contributed by atoms with Crippen molar-refractivity contribution in [2.45, 2.75) is 18.8 Å². The molecule has 1 aromatic carbocycles. The van der Waals surface area contributed by atoms with Gasteiger partial charge in [0.25, 0.3) is 0 Å². The highest BCUT2D eigenvalue weighted by Gasteiger charge is 2.22. The number of alkyl carbamates (subject to hydrolysis) is 1. The smallest absolute Gasteiger partial charge is 0.407 e. The number of hydrogen-bond donors (Lipinski definition) is 2. The Bertz CT molecular complexity index is 1320. The molecule has 5 nitrogen and oxygen atoms in total. The summed E-state index contributed by atoms with van der Waals surface area (Å²) in [5.74, 6) is 0. The zero-order valence-corrected chi connectivity index (χ0v) is 10.7. The fourth-order valence-corrected chi connectivity index (χ4v) is 1.60. The second-order valence-corrected chi connectivity index (χ2v) is 4.03. The molecule has 21 heavy (non-hydrogen) atoms. The van der Waals surface area contributed by atoms with Gasteiger partial charge in [0, 0.05) is 35.9 Å². The number of hydrogen-bond acceptors (Lipinski definition) is 3. The van der Waals surface area contributed by atoms with E-state index in [9.17, 15) is 4.79 Å². The van der Waals surface area contributed by atoms with Crippen LogP contribution < -0.4 is 5.31 Å². The minimum absolute atomic E-state index is 0.0464. The number of benzene rings is 1. The van der Waals surface area contributed by atoms with Crippen molar-refractivity contribution >= 4 is 17.0 Å². The van der Waals surface area contributed by atoms with Crippen molar-refractivity contribution < 1.29 is 32.9 Å². The number of H-pyrrole nitrogens is 1. The van der Waals surface area contributed by atoms with Crippen LogP contribution >= 0.6 is 0 Å². The van der Waals surface area contributed by atoms with Gasteiger partial charge in [-0.1, -0.05) is 6.04 Å². The zero-order chi connectivity index (χ0) is 29.7. The van der Waals surface area contributed by atoms with Crippen molar-refractivity contribution in [3.63, 3.8) is 0 Å². The number of aromatic nitrogens is 1. The maximum atomic E-state index is 11.8. The van der Waals surface area contributed by atoms with E-state index in [1.165, 1.54) is 0 Å². The second kappa shape index (κ2) is 5.77.